The van der Waals surface area contributed by atoms with Gasteiger partial charge < -0.3 is 14.9 Å². The zero-order valence-corrected chi connectivity index (χ0v) is 15.5. The van der Waals surface area contributed by atoms with E-state index in [0.717, 1.165) is 33.1 Å². The number of aliphatic hydroxyl groups excluding tert-OH is 1. The third-order valence-corrected chi connectivity index (χ3v) is 6.20. The van der Waals surface area contributed by atoms with Crippen LogP contribution in [0.2, 0.25) is 5.02 Å². The Labute approximate surface area is 152 Å². The summed E-state index contributed by atoms with van der Waals surface area (Å²) in [5.74, 6) is 0.0335. The number of carbonyl (C=O) groups is 1. The molecule has 1 aliphatic rings. The van der Waals surface area contributed by atoms with Crippen LogP contribution in [0.5, 0.6) is 0 Å². The van der Waals surface area contributed by atoms with Gasteiger partial charge in [-0.15, -0.1) is 11.3 Å². The molecule has 1 N–H and O–H groups in total. The highest BCUT2D eigenvalue weighted by Gasteiger charge is 2.24. The summed E-state index contributed by atoms with van der Waals surface area (Å²) in [5, 5.41) is 9.97. The lowest BCUT2D eigenvalue weighted by molar-refractivity contribution is 0.0751. The molecule has 1 saturated heterocycles. The Balaban J connectivity index is 1.64. The summed E-state index contributed by atoms with van der Waals surface area (Å²) >= 11 is 10.6. The zero-order chi connectivity index (χ0) is 16.4. The normalized spacial score (nSPS) is 15.1. The third kappa shape index (κ3) is 3.71. The molecule has 1 fully saturated rings. The van der Waals surface area contributed by atoms with Gasteiger partial charge in [-0.25, -0.2) is 0 Å². The molecule has 0 atom stereocenters. The van der Waals surface area contributed by atoms with E-state index in [0.29, 0.717) is 18.0 Å². The first-order valence-corrected chi connectivity index (χ1v) is 9.26. The van der Waals surface area contributed by atoms with Gasteiger partial charge in [-0.2, -0.15) is 0 Å². The van der Waals surface area contributed by atoms with Crippen LogP contribution < -0.4 is 4.90 Å². The van der Waals surface area contributed by atoms with E-state index in [1.54, 1.807) is 6.07 Å². The number of anilines is 1. The van der Waals surface area contributed by atoms with Crippen LogP contribution in [0.15, 0.2) is 34.8 Å². The zero-order valence-electron chi connectivity index (χ0n) is 12.3. The molecule has 122 valence electrons. The number of carbonyl (C=O) groups excluding carboxylic acids is 1. The molecule has 2 aromatic rings. The second-order valence-electron chi connectivity index (χ2n) is 5.30. The maximum atomic E-state index is 12.6. The van der Waals surface area contributed by atoms with E-state index in [4.69, 9.17) is 11.6 Å². The van der Waals surface area contributed by atoms with Crippen LogP contribution in [0.4, 0.5) is 5.69 Å². The molecule has 1 aromatic heterocycles. The standard InChI is InChI=1S/C16H16BrClN2O2S/c17-13-9-14(23-15(13)10-21)16(22)20-7-5-19(6-8-20)12-3-1-11(18)2-4-12/h1-4,9,21H,5-8,10H2. The van der Waals surface area contributed by atoms with Gasteiger partial charge in [-0.05, 0) is 46.3 Å². The van der Waals surface area contributed by atoms with Crippen LogP contribution in [-0.2, 0) is 6.61 Å². The Hall–Kier alpha value is -1.08. The first-order chi connectivity index (χ1) is 11.1. The number of aliphatic hydroxyl groups is 1. The van der Waals surface area contributed by atoms with Gasteiger partial charge in [0, 0.05) is 46.2 Å². The molecule has 3 rings (SSSR count). The molecule has 4 nitrogen and oxygen atoms in total. The van der Waals surface area contributed by atoms with E-state index in [1.807, 2.05) is 29.2 Å². The summed E-state index contributed by atoms with van der Waals surface area (Å²) in [5.41, 5.74) is 1.13. The smallest absolute Gasteiger partial charge is 0.264 e. The molecule has 1 aromatic carbocycles. The molecule has 23 heavy (non-hydrogen) atoms. The minimum absolute atomic E-state index is 0.0335. The quantitative estimate of drug-likeness (QED) is 0.833. The van der Waals surface area contributed by atoms with Crippen LogP contribution in [0.25, 0.3) is 0 Å². The van der Waals surface area contributed by atoms with Crippen LogP contribution >= 0.6 is 38.9 Å². The average molecular weight is 416 g/mol. The monoisotopic (exact) mass is 414 g/mol. The molecule has 1 amide bonds. The van der Waals surface area contributed by atoms with E-state index < -0.39 is 0 Å². The van der Waals surface area contributed by atoms with E-state index in [9.17, 15) is 9.90 Å². The molecule has 0 saturated carbocycles. The van der Waals surface area contributed by atoms with Gasteiger partial charge in [0.2, 0.25) is 0 Å². The average Bonchev–Trinajstić information content (AvgIpc) is 2.96. The van der Waals surface area contributed by atoms with Crippen molar-refractivity contribution in [3.63, 3.8) is 0 Å². The maximum absolute atomic E-state index is 12.6. The largest absolute Gasteiger partial charge is 0.391 e. The fourth-order valence-electron chi connectivity index (χ4n) is 2.60. The minimum Gasteiger partial charge on any atom is -0.391 e. The Bertz CT molecular complexity index is 697. The van der Waals surface area contributed by atoms with E-state index >= 15 is 0 Å². The van der Waals surface area contributed by atoms with Crippen molar-refractivity contribution >= 4 is 50.5 Å². The first kappa shape index (κ1) is 16.8. The Morgan fingerprint density at radius 2 is 1.87 bits per heavy atom. The van der Waals surface area contributed by atoms with Crippen LogP contribution in [0.3, 0.4) is 0 Å². The van der Waals surface area contributed by atoms with Gasteiger partial charge in [-0.3, -0.25) is 4.79 Å². The summed E-state index contributed by atoms with van der Waals surface area (Å²) in [6.07, 6.45) is 0. The van der Waals surface area contributed by atoms with Gasteiger partial charge in [0.05, 0.1) is 11.5 Å². The molecule has 7 heteroatoms. The molecule has 0 aliphatic carbocycles. The van der Waals surface area contributed by atoms with Crippen LogP contribution in [0, 0.1) is 0 Å². The Kier molecular flexibility index (Phi) is 5.26. The predicted molar refractivity (Wildman–Crippen MR) is 97.5 cm³/mol. The molecule has 0 spiro atoms. The van der Waals surface area contributed by atoms with Gasteiger partial charge in [0.15, 0.2) is 0 Å². The lowest BCUT2D eigenvalue weighted by Gasteiger charge is -2.36. The molecule has 1 aliphatic heterocycles. The summed E-state index contributed by atoms with van der Waals surface area (Å²) in [6, 6.07) is 9.57. The predicted octanol–water partition coefficient (Wildman–Crippen LogP) is 3.62. The molecule has 0 radical (unpaired) electrons. The summed E-state index contributed by atoms with van der Waals surface area (Å²) in [7, 11) is 0. The molecular formula is C16H16BrClN2O2S. The minimum atomic E-state index is -0.0527. The second kappa shape index (κ2) is 7.21. The van der Waals surface area contributed by atoms with Crippen LogP contribution in [0.1, 0.15) is 14.5 Å². The molecule has 0 unspecified atom stereocenters. The van der Waals surface area contributed by atoms with Gasteiger partial charge in [0.1, 0.15) is 0 Å². The summed E-state index contributed by atoms with van der Waals surface area (Å²) < 4.78 is 0.799. The number of benzene rings is 1. The van der Waals surface area contributed by atoms with E-state index in [-0.39, 0.29) is 12.5 Å². The van der Waals surface area contributed by atoms with Crippen LogP contribution in [-0.4, -0.2) is 42.1 Å². The number of piperazine rings is 1. The highest BCUT2D eigenvalue weighted by Crippen LogP contribution is 2.29. The van der Waals surface area contributed by atoms with Crippen molar-refractivity contribution in [2.45, 2.75) is 6.61 Å². The van der Waals surface area contributed by atoms with Crippen molar-refractivity contribution in [2.24, 2.45) is 0 Å². The first-order valence-electron chi connectivity index (χ1n) is 7.27. The number of thiophene rings is 1. The summed E-state index contributed by atoms with van der Waals surface area (Å²) in [6.45, 7) is 2.92. The number of rotatable bonds is 3. The topological polar surface area (TPSA) is 43.8 Å². The van der Waals surface area contributed by atoms with Crippen molar-refractivity contribution in [3.05, 3.63) is 49.6 Å². The third-order valence-electron chi connectivity index (χ3n) is 3.87. The molecule has 2 heterocycles. The van der Waals surface area contributed by atoms with E-state index in [1.165, 1.54) is 11.3 Å². The van der Waals surface area contributed by atoms with Crippen molar-refractivity contribution in [1.29, 1.82) is 0 Å². The Morgan fingerprint density at radius 3 is 2.43 bits per heavy atom. The number of halogens is 2. The fourth-order valence-corrected chi connectivity index (χ4v) is 4.35. The van der Waals surface area contributed by atoms with Gasteiger partial charge >= 0.3 is 0 Å². The summed E-state index contributed by atoms with van der Waals surface area (Å²) in [4.78, 5) is 18.1. The van der Waals surface area contributed by atoms with Crippen molar-refractivity contribution in [2.75, 3.05) is 31.1 Å². The van der Waals surface area contributed by atoms with Crippen molar-refractivity contribution < 1.29 is 9.90 Å². The molecule has 0 bridgehead atoms. The lowest BCUT2D eigenvalue weighted by Crippen LogP contribution is -2.48. The van der Waals surface area contributed by atoms with Gasteiger partial charge in [-0.1, -0.05) is 11.6 Å². The Morgan fingerprint density at radius 1 is 1.22 bits per heavy atom. The fraction of sp³-hybridized carbons (Fsp3) is 0.312. The second-order valence-corrected chi connectivity index (χ2v) is 7.72. The highest BCUT2D eigenvalue weighted by atomic mass is 79.9. The highest BCUT2D eigenvalue weighted by molar-refractivity contribution is 9.10. The number of nitrogens with zero attached hydrogens (tertiary/aromatic N) is 2. The number of amides is 1. The van der Waals surface area contributed by atoms with Crippen molar-refractivity contribution in [3.8, 4) is 0 Å². The van der Waals surface area contributed by atoms with Crippen molar-refractivity contribution in [1.82, 2.24) is 4.90 Å². The van der Waals surface area contributed by atoms with E-state index in [2.05, 4.69) is 20.8 Å². The molecular weight excluding hydrogens is 400 g/mol. The SMILES string of the molecule is O=C(c1cc(Br)c(CO)s1)N1CCN(c2ccc(Cl)cc2)CC1. The number of hydrogen-bond acceptors (Lipinski definition) is 4. The lowest BCUT2D eigenvalue weighted by atomic mass is 10.2. The maximum Gasteiger partial charge on any atom is 0.264 e. The van der Waals surface area contributed by atoms with Gasteiger partial charge in [0.25, 0.3) is 5.91 Å². The number of hydrogen-bond donors (Lipinski definition) is 1.